The Labute approximate surface area is 145 Å². The number of fused-ring (bicyclic) bond motifs is 2. The SMILES string of the molecule is Cc1noc(C)c1COC(=O)c1c2ccccc2cc2ccccc12. The van der Waals surface area contributed by atoms with Crippen molar-refractivity contribution in [1.82, 2.24) is 5.16 Å². The van der Waals surface area contributed by atoms with Crippen molar-refractivity contribution in [3.05, 3.63) is 77.2 Å². The van der Waals surface area contributed by atoms with E-state index in [0.717, 1.165) is 32.8 Å². The first-order valence-electron chi connectivity index (χ1n) is 8.14. The fraction of sp³-hybridized carbons (Fsp3) is 0.143. The fourth-order valence-corrected chi connectivity index (χ4v) is 3.15. The number of benzene rings is 3. The number of hydrogen-bond acceptors (Lipinski definition) is 4. The van der Waals surface area contributed by atoms with Crippen molar-refractivity contribution in [3.63, 3.8) is 0 Å². The van der Waals surface area contributed by atoms with E-state index in [4.69, 9.17) is 9.26 Å². The van der Waals surface area contributed by atoms with Gasteiger partial charge in [0.2, 0.25) is 0 Å². The molecule has 4 aromatic rings. The number of carbonyl (C=O) groups is 1. The lowest BCUT2D eigenvalue weighted by Crippen LogP contribution is -2.07. The van der Waals surface area contributed by atoms with Crippen molar-refractivity contribution < 1.29 is 14.1 Å². The summed E-state index contributed by atoms with van der Waals surface area (Å²) >= 11 is 0. The quantitative estimate of drug-likeness (QED) is 0.393. The van der Waals surface area contributed by atoms with E-state index in [0.29, 0.717) is 11.3 Å². The van der Waals surface area contributed by atoms with E-state index in [1.165, 1.54) is 0 Å². The molecule has 124 valence electrons. The van der Waals surface area contributed by atoms with Crippen LogP contribution in [-0.2, 0) is 11.3 Å². The van der Waals surface area contributed by atoms with Crippen LogP contribution in [0.25, 0.3) is 21.5 Å². The largest absolute Gasteiger partial charge is 0.457 e. The van der Waals surface area contributed by atoms with Crippen LogP contribution in [0.4, 0.5) is 0 Å². The first-order chi connectivity index (χ1) is 12.1. The van der Waals surface area contributed by atoms with Gasteiger partial charge in [0.15, 0.2) is 0 Å². The molecule has 0 aliphatic carbocycles. The standard InChI is InChI=1S/C21H17NO3/c1-13-19(14(2)25-22-13)12-24-21(23)20-17-9-5-3-7-15(17)11-16-8-4-6-10-18(16)20/h3-11H,12H2,1-2H3. The van der Waals surface area contributed by atoms with Gasteiger partial charge in [-0.25, -0.2) is 4.79 Å². The van der Waals surface area contributed by atoms with Crippen molar-refractivity contribution in [2.75, 3.05) is 0 Å². The monoisotopic (exact) mass is 331 g/mol. The van der Waals surface area contributed by atoms with Crippen LogP contribution in [0.5, 0.6) is 0 Å². The highest BCUT2D eigenvalue weighted by molar-refractivity contribution is 6.16. The molecule has 4 rings (SSSR count). The van der Waals surface area contributed by atoms with E-state index in [2.05, 4.69) is 11.2 Å². The number of esters is 1. The number of nitrogens with zero attached hydrogens (tertiary/aromatic N) is 1. The predicted octanol–water partition coefficient (Wildman–Crippen LogP) is 4.95. The Morgan fingerprint density at radius 2 is 1.60 bits per heavy atom. The summed E-state index contributed by atoms with van der Waals surface area (Å²) in [6, 6.07) is 17.8. The number of aryl methyl sites for hydroxylation is 2. The van der Waals surface area contributed by atoms with Gasteiger partial charge in [-0.1, -0.05) is 53.7 Å². The van der Waals surface area contributed by atoms with Gasteiger partial charge in [0.05, 0.1) is 16.8 Å². The van der Waals surface area contributed by atoms with Gasteiger partial charge in [0.1, 0.15) is 12.4 Å². The molecule has 0 radical (unpaired) electrons. The minimum atomic E-state index is -0.340. The Hall–Kier alpha value is -3.14. The van der Waals surface area contributed by atoms with E-state index in [1.54, 1.807) is 0 Å². The Kier molecular flexibility index (Phi) is 3.73. The first-order valence-corrected chi connectivity index (χ1v) is 8.14. The molecule has 0 saturated carbocycles. The van der Waals surface area contributed by atoms with E-state index >= 15 is 0 Å². The van der Waals surface area contributed by atoms with Gasteiger partial charge in [0.25, 0.3) is 0 Å². The minimum Gasteiger partial charge on any atom is -0.457 e. The maximum Gasteiger partial charge on any atom is 0.339 e. The molecule has 1 heterocycles. The summed E-state index contributed by atoms with van der Waals surface area (Å²) in [6.45, 7) is 3.81. The molecule has 0 saturated heterocycles. The fourth-order valence-electron chi connectivity index (χ4n) is 3.15. The molecular formula is C21H17NO3. The lowest BCUT2D eigenvalue weighted by Gasteiger charge is -2.11. The lowest BCUT2D eigenvalue weighted by atomic mass is 9.97. The van der Waals surface area contributed by atoms with Crippen LogP contribution in [0.2, 0.25) is 0 Å². The molecule has 4 heteroatoms. The number of rotatable bonds is 3. The summed E-state index contributed by atoms with van der Waals surface area (Å²) in [5, 5.41) is 7.73. The molecule has 0 fully saturated rings. The third-order valence-corrected chi connectivity index (χ3v) is 4.50. The van der Waals surface area contributed by atoms with Gasteiger partial charge in [-0.05, 0) is 41.5 Å². The molecule has 25 heavy (non-hydrogen) atoms. The lowest BCUT2D eigenvalue weighted by molar-refractivity contribution is 0.0475. The summed E-state index contributed by atoms with van der Waals surface area (Å²) in [4.78, 5) is 12.9. The molecule has 3 aromatic carbocycles. The maximum atomic E-state index is 12.9. The second-order valence-electron chi connectivity index (χ2n) is 6.07. The summed E-state index contributed by atoms with van der Waals surface area (Å²) < 4.78 is 10.7. The van der Waals surface area contributed by atoms with Crippen molar-refractivity contribution in [3.8, 4) is 0 Å². The van der Waals surface area contributed by atoms with Crippen molar-refractivity contribution in [1.29, 1.82) is 0 Å². The molecule has 0 amide bonds. The minimum absolute atomic E-state index is 0.150. The molecule has 0 N–H and O–H groups in total. The third kappa shape index (κ3) is 2.66. The molecule has 0 atom stereocenters. The van der Waals surface area contributed by atoms with Crippen molar-refractivity contribution in [2.24, 2.45) is 0 Å². The highest BCUT2D eigenvalue weighted by atomic mass is 16.5. The molecule has 0 unspecified atom stereocenters. The molecule has 0 aliphatic rings. The Balaban J connectivity index is 1.79. The number of aromatic nitrogens is 1. The topological polar surface area (TPSA) is 52.3 Å². The molecule has 0 aliphatic heterocycles. The zero-order chi connectivity index (χ0) is 17.4. The zero-order valence-electron chi connectivity index (χ0n) is 14.1. The van der Waals surface area contributed by atoms with E-state index in [-0.39, 0.29) is 12.6 Å². The van der Waals surface area contributed by atoms with Crippen molar-refractivity contribution >= 4 is 27.5 Å². The van der Waals surface area contributed by atoms with Gasteiger partial charge in [-0.3, -0.25) is 0 Å². The molecule has 0 spiro atoms. The van der Waals surface area contributed by atoms with Crippen LogP contribution in [0, 0.1) is 13.8 Å². The highest BCUT2D eigenvalue weighted by Gasteiger charge is 2.18. The smallest absolute Gasteiger partial charge is 0.339 e. The Morgan fingerprint density at radius 3 is 2.16 bits per heavy atom. The predicted molar refractivity (Wildman–Crippen MR) is 96.6 cm³/mol. The van der Waals surface area contributed by atoms with Crippen LogP contribution in [-0.4, -0.2) is 11.1 Å². The van der Waals surface area contributed by atoms with Gasteiger partial charge >= 0.3 is 5.97 Å². The van der Waals surface area contributed by atoms with Crippen molar-refractivity contribution in [2.45, 2.75) is 20.5 Å². The second-order valence-corrected chi connectivity index (χ2v) is 6.07. The molecule has 1 aromatic heterocycles. The highest BCUT2D eigenvalue weighted by Crippen LogP contribution is 2.29. The van der Waals surface area contributed by atoms with E-state index in [1.807, 2.05) is 62.4 Å². The Morgan fingerprint density at radius 1 is 1.00 bits per heavy atom. The zero-order valence-corrected chi connectivity index (χ0v) is 14.1. The van der Waals surface area contributed by atoms with E-state index < -0.39 is 0 Å². The number of carbonyl (C=O) groups excluding carboxylic acids is 1. The average molecular weight is 331 g/mol. The van der Waals surface area contributed by atoms with Crippen LogP contribution < -0.4 is 0 Å². The summed E-state index contributed by atoms with van der Waals surface area (Å²) in [6.07, 6.45) is 0. The van der Waals surface area contributed by atoms with Gasteiger partial charge < -0.3 is 9.26 Å². The van der Waals surface area contributed by atoms with Crippen LogP contribution in [0.1, 0.15) is 27.4 Å². The second kappa shape index (κ2) is 6.06. The summed E-state index contributed by atoms with van der Waals surface area (Å²) in [5.41, 5.74) is 2.16. The van der Waals surface area contributed by atoms with Gasteiger partial charge in [0, 0.05) is 0 Å². The van der Waals surface area contributed by atoms with Crippen LogP contribution in [0.15, 0.2) is 59.1 Å². The molecule has 0 bridgehead atoms. The normalized spacial score (nSPS) is 11.1. The van der Waals surface area contributed by atoms with Crippen LogP contribution >= 0.6 is 0 Å². The third-order valence-electron chi connectivity index (χ3n) is 4.50. The van der Waals surface area contributed by atoms with Crippen LogP contribution in [0.3, 0.4) is 0 Å². The first kappa shape index (κ1) is 15.4. The Bertz CT molecular complexity index is 1020. The number of hydrogen-bond donors (Lipinski definition) is 0. The molecular weight excluding hydrogens is 314 g/mol. The van der Waals surface area contributed by atoms with E-state index in [9.17, 15) is 4.79 Å². The van der Waals surface area contributed by atoms with Gasteiger partial charge in [-0.15, -0.1) is 0 Å². The molecule has 4 nitrogen and oxygen atoms in total. The number of ether oxygens (including phenoxy) is 1. The summed E-state index contributed by atoms with van der Waals surface area (Å²) in [5.74, 6) is 0.334. The van der Waals surface area contributed by atoms with Gasteiger partial charge in [-0.2, -0.15) is 0 Å². The average Bonchev–Trinajstić information content (AvgIpc) is 2.95. The summed E-state index contributed by atoms with van der Waals surface area (Å²) in [7, 11) is 0. The maximum absolute atomic E-state index is 12.9.